The lowest BCUT2D eigenvalue weighted by atomic mass is 9.97. The van der Waals surface area contributed by atoms with Gasteiger partial charge in [-0.3, -0.25) is 14.7 Å². The van der Waals surface area contributed by atoms with E-state index in [4.69, 9.17) is 0 Å². The number of nitrogens with one attached hydrogen (secondary N) is 1. The molecule has 2 aromatic rings. The van der Waals surface area contributed by atoms with Crippen LogP contribution >= 0.6 is 0 Å². The molecule has 0 aliphatic carbocycles. The van der Waals surface area contributed by atoms with E-state index in [-0.39, 0.29) is 5.91 Å². The van der Waals surface area contributed by atoms with Gasteiger partial charge in [-0.2, -0.15) is 0 Å². The summed E-state index contributed by atoms with van der Waals surface area (Å²) < 4.78 is 0. The normalized spacial score (nSPS) is 18.0. The Morgan fingerprint density at radius 1 is 1.24 bits per heavy atom. The number of aromatic nitrogens is 1. The lowest BCUT2D eigenvalue weighted by Gasteiger charge is -2.32. The van der Waals surface area contributed by atoms with Crippen molar-refractivity contribution in [2.45, 2.75) is 32.7 Å². The van der Waals surface area contributed by atoms with Gasteiger partial charge in [-0.15, -0.1) is 0 Å². The molecule has 4 heteroatoms. The predicted octanol–water partition coefficient (Wildman–Crippen LogP) is 3.29. The van der Waals surface area contributed by atoms with Gasteiger partial charge in [-0.1, -0.05) is 25.1 Å². The SMILES string of the molecule is CCc1ccccc1C(=O)NC[C@H]1CCCN(Cc2ccncc2)C1. The lowest BCUT2D eigenvalue weighted by Crippen LogP contribution is -2.40. The van der Waals surface area contributed by atoms with E-state index in [2.05, 4.69) is 34.3 Å². The molecule has 132 valence electrons. The largest absolute Gasteiger partial charge is 0.352 e. The first-order valence-electron chi connectivity index (χ1n) is 9.23. The van der Waals surface area contributed by atoms with Gasteiger partial charge in [0.25, 0.3) is 5.91 Å². The highest BCUT2D eigenvalue weighted by molar-refractivity contribution is 5.95. The van der Waals surface area contributed by atoms with Crippen molar-refractivity contribution in [3.63, 3.8) is 0 Å². The Balaban J connectivity index is 1.52. The number of pyridine rings is 1. The second-order valence-corrected chi connectivity index (χ2v) is 6.82. The van der Waals surface area contributed by atoms with Crippen LogP contribution < -0.4 is 5.32 Å². The molecule has 0 radical (unpaired) electrons. The highest BCUT2D eigenvalue weighted by atomic mass is 16.1. The number of rotatable bonds is 6. The molecule has 1 aromatic heterocycles. The van der Waals surface area contributed by atoms with Gasteiger partial charge in [0, 0.05) is 37.6 Å². The number of aryl methyl sites for hydroxylation is 1. The fourth-order valence-electron chi connectivity index (χ4n) is 3.59. The smallest absolute Gasteiger partial charge is 0.251 e. The highest BCUT2D eigenvalue weighted by Gasteiger charge is 2.21. The summed E-state index contributed by atoms with van der Waals surface area (Å²) in [5, 5.41) is 3.15. The maximum atomic E-state index is 12.5. The molecule has 25 heavy (non-hydrogen) atoms. The minimum Gasteiger partial charge on any atom is -0.352 e. The standard InChI is InChI=1S/C21H27N3O/c1-2-19-7-3-4-8-20(19)21(25)23-14-18-6-5-13-24(16-18)15-17-9-11-22-12-10-17/h3-4,7-12,18H,2,5-6,13-16H2,1H3,(H,23,25)/t18-/m1/s1. The van der Waals surface area contributed by atoms with Gasteiger partial charge in [-0.05, 0) is 61.1 Å². The molecular weight excluding hydrogens is 310 g/mol. The van der Waals surface area contributed by atoms with E-state index in [0.29, 0.717) is 5.92 Å². The zero-order valence-electron chi connectivity index (χ0n) is 14.9. The van der Waals surface area contributed by atoms with Crippen LogP contribution in [0.25, 0.3) is 0 Å². The Hall–Kier alpha value is -2.20. The molecule has 0 saturated carbocycles. The second kappa shape index (κ2) is 8.77. The van der Waals surface area contributed by atoms with Crippen LogP contribution in [0.4, 0.5) is 0 Å². The van der Waals surface area contributed by atoms with E-state index in [1.165, 1.54) is 18.4 Å². The Morgan fingerprint density at radius 3 is 2.84 bits per heavy atom. The molecular formula is C21H27N3O. The molecule has 1 saturated heterocycles. The maximum Gasteiger partial charge on any atom is 0.251 e. The van der Waals surface area contributed by atoms with Crippen molar-refractivity contribution in [3.8, 4) is 0 Å². The van der Waals surface area contributed by atoms with Gasteiger partial charge >= 0.3 is 0 Å². The second-order valence-electron chi connectivity index (χ2n) is 6.82. The molecule has 1 aliphatic heterocycles. The number of amides is 1. The van der Waals surface area contributed by atoms with Crippen LogP contribution in [0.3, 0.4) is 0 Å². The zero-order valence-corrected chi connectivity index (χ0v) is 14.9. The van der Waals surface area contributed by atoms with Crippen LogP contribution in [0.1, 0.15) is 41.3 Å². The summed E-state index contributed by atoms with van der Waals surface area (Å²) in [5.74, 6) is 0.581. The number of carbonyl (C=O) groups is 1. The molecule has 1 N–H and O–H groups in total. The minimum absolute atomic E-state index is 0.0590. The number of piperidine rings is 1. The Morgan fingerprint density at radius 2 is 2.04 bits per heavy atom. The first-order valence-corrected chi connectivity index (χ1v) is 9.23. The molecule has 0 spiro atoms. The van der Waals surface area contributed by atoms with E-state index in [1.807, 2.05) is 36.7 Å². The molecule has 0 unspecified atom stereocenters. The molecule has 1 atom stereocenters. The van der Waals surface area contributed by atoms with Crippen molar-refractivity contribution in [3.05, 3.63) is 65.5 Å². The summed E-state index contributed by atoms with van der Waals surface area (Å²) in [7, 11) is 0. The zero-order chi connectivity index (χ0) is 17.5. The topological polar surface area (TPSA) is 45.2 Å². The van der Waals surface area contributed by atoms with Crippen LogP contribution in [0.5, 0.6) is 0 Å². The van der Waals surface area contributed by atoms with E-state index < -0.39 is 0 Å². The van der Waals surface area contributed by atoms with Gasteiger partial charge in [0.05, 0.1) is 0 Å². The average molecular weight is 337 g/mol. The first-order chi connectivity index (χ1) is 12.3. The van der Waals surface area contributed by atoms with E-state index in [1.54, 1.807) is 0 Å². The van der Waals surface area contributed by atoms with Crippen molar-refractivity contribution in [2.75, 3.05) is 19.6 Å². The Bertz CT molecular complexity index is 687. The molecule has 4 nitrogen and oxygen atoms in total. The van der Waals surface area contributed by atoms with Crippen LogP contribution in [-0.2, 0) is 13.0 Å². The maximum absolute atomic E-state index is 12.5. The highest BCUT2D eigenvalue weighted by Crippen LogP contribution is 2.18. The Kier molecular flexibility index (Phi) is 6.18. The number of likely N-dealkylation sites (tertiary alicyclic amines) is 1. The molecule has 2 heterocycles. The fourth-order valence-corrected chi connectivity index (χ4v) is 3.59. The number of nitrogens with zero attached hydrogens (tertiary/aromatic N) is 2. The summed E-state index contributed by atoms with van der Waals surface area (Å²) in [4.78, 5) is 19.1. The third kappa shape index (κ3) is 4.89. The molecule has 1 fully saturated rings. The van der Waals surface area contributed by atoms with Gasteiger partial charge in [0.15, 0.2) is 0 Å². The molecule has 1 aromatic carbocycles. The van der Waals surface area contributed by atoms with Crippen LogP contribution in [0, 0.1) is 5.92 Å². The summed E-state index contributed by atoms with van der Waals surface area (Å²) in [6.45, 7) is 5.98. The van der Waals surface area contributed by atoms with Crippen molar-refractivity contribution >= 4 is 5.91 Å². The van der Waals surface area contributed by atoms with E-state index in [0.717, 1.165) is 43.7 Å². The van der Waals surface area contributed by atoms with Crippen molar-refractivity contribution in [1.29, 1.82) is 0 Å². The average Bonchev–Trinajstić information content (AvgIpc) is 2.67. The van der Waals surface area contributed by atoms with E-state index >= 15 is 0 Å². The molecule has 3 rings (SSSR count). The number of benzene rings is 1. The quantitative estimate of drug-likeness (QED) is 0.880. The van der Waals surface area contributed by atoms with Crippen molar-refractivity contribution < 1.29 is 4.79 Å². The van der Waals surface area contributed by atoms with Crippen LogP contribution in [-0.4, -0.2) is 35.4 Å². The van der Waals surface area contributed by atoms with Crippen LogP contribution in [0.2, 0.25) is 0 Å². The summed E-state index contributed by atoms with van der Waals surface area (Å²) in [5.41, 5.74) is 3.23. The summed E-state index contributed by atoms with van der Waals surface area (Å²) in [6, 6.07) is 12.0. The van der Waals surface area contributed by atoms with E-state index in [9.17, 15) is 4.79 Å². The predicted molar refractivity (Wildman–Crippen MR) is 100 cm³/mol. The first kappa shape index (κ1) is 17.6. The monoisotopic (exact) mass is 337 g/mol. The third-order valence-corrected chi connectivity index (χ3v) is 4.95. The number of hydrogen-bond donors (Lipinski definition) is 1. The molecule has 1 amide bonds. The summed E-state index contributed by atoms with van der Waals surface area (Å²) >= 11 is 0. The summed E-state index contributed by atoms with van der Waals surface area (Å²) in [6.07, 6.45) is 6.96. The minimum atomic E-state index is 0.0590. The third-order valence-electron chi connectivity index (χ3n) is 4.95. The fraction of sp³-hybridized carbons (Fsp3) is 0.429. The van der Waals surface area contributed by atoms with Gasteiger partial charge < -0.3 is 5.32 Å². The Labute approximate surface area is 150 Å². The molecule has 1 aliphatic rings. The van der Waals surface area contributed by atoms with Gasteiger partial charge in [0.1, 0.15) is 0 Å². The lowest BCUT2D eigenvalue weighted by molar-refractivity contribution is 0.0929. The van der Waals surface area contributed by atoms with Gasteiger partial charge in [-0.25, -0.2) is 0 Å². The van der Waals surface area contributed by atoms with Crippen LogP contribution in [0.15, 0.2) is 48.8 Å². The molecule has 0 bridgehead atoms. The van der Waals surface area contributed by atoms with Crippen molar-refractivity contribution in [1.82, 2.24) is 15.2 Å². The van der Waals surface area contributed by atoms with Gasteiger partial charge in [0.2, 0.25) is 0 Å². The number of carbonyl (C=O) groups excluding carboxylic acids is 1. The number of hydrogen-bond acceptors (Lipinski definition) is 3. The van der Waals surface area contributed by atoms with Crippen molar-refractivity contribution in [2.24, 2.45) is 5.92 Å².